The van der Waals surface area contributed by atoms with E-state index in [2.05, 4.69) is 11.9 Å². The van der Waals surface area contributed by atoms with E-state index in [9.17, 15) is 9.59 Å². The van der Waals surface area contributed by atoms with Gasteiger partial charge in [0.15, 0.2) is 5.76 Å². The Kier molecular flexibility index (Phi) is 6.10. The van der Waals surface area contributed by atoms with E-state index in [1.165, 1.54) is 0 Å². The van der Waals surface area contributed by atoms with Crippen LogP contribution < -0.4 is 5.32 Å². The highest BCUT2D eigenvalue weighted by atomic mass is 16.7. The summed E-state index contributed by atoms with van der Waals surface area (Å²) in [5.74, 6) is 0.0666. The highest BCUT2D eigenvalue weighted by molar-refractivity contribution is 6.24. The first-order valence-electron chi connectivity index (χ1n) is 9.80. The minimum absolute atomic E-state index is 0.189. The molecule has 7 nitrogen and oxygen atoms in total. The third-order valence-corrected chi connectivity index (χ3v) is 5.50. The van der Waals surface area contributed by atoms with Gasteiger partial charge in [0, 0.05) is 18.7 Å². The molecule has 0 bridgehead atoms. The predicted octanol–water partition coefficient (Wildman–Crippen LogP) is 3.36. The van der Waals surface area contributed by atoms with Crippen LogP contribution in [0.3, 0.4) is 0 Å². The molecule has 1 aromatic rings. The lowest BCUT2D eigenvalue weighted by molar-refractivity contribution is -0.152. The molecule has 0 atom stereocenters. The maximum absolute atomic E-state index is 13.2. The molecule has 0 saturated carbocycles. The van der Waals surface area contributed by atoms with Crippen LogP contribution in [-0.2, 0) is 19.1 Å². The maximum atomic E-state index is 13.2. The summed E-state index contributed by atoms with van der Waals surface area (Å²) in [5, 5.41) is 4.91. The van der Waals surface area contributed by atoms with Crippen molar-refractivity contribution < 1.29 is 23.9 Å². The lowest BCUT2D eigenvalue weighted by Gasteiger charge is -2.38. The highest BCUT2D eigenvalue weighted by Crippen LogP contribution is 2.42. The molecule has 156 valence electrons. The van der Waals surface area contributed by atoms with E-state index in [4.69, 9.17) is 14.3 Å². The zero-order valence-electron chi connectivity index (χ0n) is 17.5. The number of hydroxylamine groups is 2. The van der Waals surface area contributed by atoms with Crippen molar-refractivity contribution in [3.8, 4) is 0 Å². The molecule has 1 fully saturated rings. The zero-order chi connectivity index (χ0) is 21.2. The van der Waals surface area contributed by atoms with Crippen LogP contribution >= 0.6 is 0 Å². The number of hydrogen-bond donors (Lipinski definition) is 1. The lowest BCUT2D eigenvalue weighted by Crippen LogP contribution is -2.53. The summed E-state index contributed by atoms with van der Waals surface area (Å²) in [6, 6.07) is 3.97. The van der Waals surface area contributed by atoms with Crippen LogP contribution in [0.1, 0.15) is 42.0 Å². The van der Waals surface area contributed by atoms with Crippen LogP contribution in [0.5, 0.6) is 0 Å². The van der Waals surface area contributed by atoms with E-state index in [0.717, 1.165) is 22.3 Å². The molecule has 2 aliphatic heterocycles. The van der Waals surface area contributed by atoms with Crippen molar-refractivity contribution in [1.82, 2.24) is 10.4 Å². The Morgan fingerprint density at radius 1 is 1.31 bits per heavy atom. The molecule has 0 unspecified atom stereocenters. The summed E-state index contributed by atoms with van der Waals surface area (Å²) in [4.78, 5) is 30.7. The Labute approximate surface area is 171 Å². The molecule has 0 aromatic heterocycles. The van der Waals surface area contributed by atoms with Crippen molar-refractivity contribution in [3.05, 3.63) is 46.7 Å². The monoisotopic (exact) mass is 400 g/mol. The normalized spacial score (nSPS) is 18.7. The van der Waals surface area contributed by atoms with Gasteiger partial charge in [0.05, 0.1) is 19.3 Å². The van der Waals surface area contributed by atoms with Gasteiger partial charge in [-0.15, -0.1) is 0 Å². The fourth-order valence-corrected chi connectivity index (χ4v) is 4.19. The molecule has 1 amide bonds. The number of nitrogens with zero attached hydrogens (tertiary/aromatic N) is 1. The van der Waals surface area contributed by atoms with Gasteiger partial charge in [-0.2, -0.15) is 5.06 Å². The van der Waals surface area contributed by atoms with Crippen LogP contribution in [0.2, 0.25) is 0 Å². The molecular weight excluding hydrogens is 372 g/mol. The summed E-state index contributed by atoms with van der Waals surface area (Å²) in [7, 11) is 1.62. The van der Waals surface area contributed by atoms with Crippen molar-refractivity contribution in [1.29, 1.82) is 0 Å². The fourth-order valence-electron chi connectivity index (χ4n) is 4.19. The van der Waals surface area contributed by atoms with Crippen molar-refractivity contribution in [2.45, 2.75) is 39.2 Å². The first-order chi connectivity index (χ1) is 13.8. The summed E-state index contributed by atoms with van der Waals surface area (Å²) in [6.45, 7) is 10.9. The quantitative estimate of drug-likeness (QED) is 0.764. The zero-order valence-corrected chi connectivity index (χ0v) is 17.5. The summed E-state index contributed by atoms with van der Waals surface area (Å²) in [5.41, 5.74) is 3.13. The van der Waals surface area contributed by atoms with Gasteiger partial charge in [0.25, 0.3) is 5.91 Å². The minimum Gasteiger partial charge on any atom is -0.434 e. The molecule has 3 rings (SSSR count). The first kappa shape index (κ1) is 21.1. The van der Waals surface area contributed by atoms with Gasteiger partial charge in [0.1, 0.15) is 5.54 Å². The van der Waals surface area contributed by atoms with Gasteiger partial charge in [-0.3, -0.25) is 4.79 Å². The van der Waals surface area contributed by atoms with Crippen LogP contribution in [0.25, 0.3) is 11.6 Å². The largest absolute Gasteiger partial charge is 0.513 e. The molecule has 29 heavy (non-hydrogen) atoms. The van der Waals surface area contributed by atoms with Crippen LogP contribution in [0.4, 0.5) is 4.79 Å². The number of carbonyl (C=O) groups is 2. The van der Waals surface area contributed by atoms with Gasteiger partial charge >= 0.3 is 6.16 Å². The third kappa shape index (κ3) is 3.93. The van der Waals surface area contributed by atoms with Crippen LogP contribution in [0, 0.1) is 13.8 Å². The van der Waals surface area contributed by atoms with E-state index in [1.807, 2.05) is 31.0 Å². The molecule has 1 saturated heterocycles. The first-order valence-corrected chi connectivity index (χ1v) is 9.80. The molecule has 2 heterocycles. The number of benzene rings is 1. The van der Waals surface area contributed by atoms with Gasteiger partial charge in [-0.05, 0) is 44.7 Å². The maximum Gasteiger partial charge on any atom is 0.513 e. The molecule has 7 heteroatoms. The van der Waals surface area contributed by atoms with Crippen molar-refractivity contribution in [3.63, 3.8) is 0 Å². The average Bonchev–Trinajstić information content (AvgIpc) is 2.93. The number of nitrogens with one attached hydrogen (secondary N) is 1. The topological polar surface area (TPSA) is 77.1 Å². The molecule has 1 spiro atoms. The van der Waals surface area contributed by atoms with Crippen molar-refractivity contribution >= 4 is 23.7 Å². The summed E-state index contributed by atoms with van der Waals surface area (Å²) >= 11 is 0. The molecule has 2 aliphatic rings. The Hall–Kier alpha value is -2.64. The Bertz CT molecular complexity index is 866. The summed E-state index contributed by atoms with van der Waals surface area (Å²) < 4.78 is 10.7. The molecule has 1 aromatic carbocycles. The second-order valence-electron chi connectivity index (χ2n) is 7.39. The number of hydrogen-bond acceptors (Lipinski definition) is 6. The number of amides is 1. The van der Waals surface area contributed by atoms with Gasteiger partial charge in [-0.1, -0.05) is 30.4 Å². The standard InChI is InChI=1S/C22H28N2O5/c1-6-16-13-14(3)12-15(4)17(16)18-19(29-21(26)28-7-2)22(23-20(18)25)8-10-24(27-5)11-9-22/h6,12-13H,1,7-11H2,2-5H3,(H,23,25). The number of piperidine rings is 1. The number of ether oxygens (including phenoxy) is 2. The number of rotatable bonds is 5. The number of aryl methyl sites for hydroxylation is 2. The Morgan fingerprint density at radius 2 is 2.00 bits per heavy atom. The van der Waals surface area contributed by atoms with Crippen molar-refractivity contribution in [2.75, 3.05) is 26.8 Å². The average molecular weight is 400 g/mol. The highest BCUT2D eigenvalue weighted by Gasteiger charge is 2.50. The molecule has 0 aliphatic carbocycles. The lowest BCUT2D eigenvalue weighted by atomic mass is 9.84. The SMILES string of the molecule is C=Cc1cc(C)cc(C)c1C1=C(OC(=O)OCC)C2(CCN(OC)CC2)NC1=O. The van der Waals surface area contributed by atoms with Crippen LogP contribution in [-0.4, -0.2) is 49.5 Å². The molecule has 0 radical (unpaired) electrons. The van der Waals surface area contributed by atoms with E-state index in [1.54, 1.807) is 20.1 Å². The summed E-state index contributed by atoms with van der Waals surface area (Å²) in [6.07, 6.45) is 2.02. The fraction of sp³-hybridized carbons (Fsp3) is 0.455. The van der Waals surface area contributed by atoms with Crippen LogP contribution in [0.15, 0.2) is 24.5 Å². The minimum atomic E-state index is -0.810. The smallest absolute Gasteiger partial charge is 0.434 e. The van der Waals surface area contributed by atoms with E-state index in [-0.39, 0.29) is 12.5 Å². The third-order valence-electron chi connectivity index (χ3n) is 5.50. The second-order valence-corrected chi connectivity index (χ2v) is 7.39. The van der Waals surface area contributed by atoms with Gasteiger partial charge in [0.2, 0.25) is 0 Å². The van der Waals surface area contributed by atoms with E-state index in [0.29, 0.717) is 37.3 Å². The Balaban J connectivity index is 2.16. The van der Waals surface area contributed by atoms with Gasteiger partial charge < -0.3 is 19.6 Å². The van der Waals surface area contributed by atoms with Crippen molar-refractivity contribution in [2.24, 2.45) is 0 Å². The predicted molar refractivity (Wildman–Crippen MR) is 110 cm³/mol. The second kappa shape index (κ2) is 8.39. The molecule has 1 N–H and O–H groups in total. The number of carbonyl (C=O) groups excluding carboxylic acids is 2. The van der Waals surface area contributed by atoms with E-state index < -0.39 is 11.7 Å². The van der Waals surface area contributed by atoms with E-state index >= 15 is 0 Å². The molecular formula is C22H28N2O5. The Morgan fingerprint density at radius 3 is 2.59 bits per heavy atom. The van der Waals surface area contributed by atoms with Gasteiger partial charge in [-0.25, -0.2) is 4.79 Å².